The van der Waals surface area contributed by atoms with E-state index < -0.39 is 31.7 Å². The summed E-state index contributed by atoms with van der Waals surface area (Å²) in [5.41, 5.74) is 3.29. The smallest absolute Gasteiger partial charge is 0.282 e. The van der Waals surface area contributed by atoms with Gasteiger partial charge in [0.1, 0.15) is 5.82 Å². The maximum absolute atomic E-state index is 11.7. The van der Waals surface area contributed by atoms with Gasteiger partial charge in [0, 0.05) is 37.7 Å². The molecule has 0 radical (unpaired) electrons. The highest BCUT2D eigenvalue weighted by molar-refractivity contribution is 7.86. The van der Waals surface area contributed by atoms with Gasteiger partial charge >= 0.3 is 0 Å². The van der Waals surface area contributed by atoms with Gasteiger partial charge in [0.05, 0.1) is 56.1 Å². The lowest BCUT2D eigenvalue weighted by atomic mass is 10.1. The van der Waals surface area contributed by atoms with E-state index in [2.05, 4.69) is 23.3 Å². The van der Waals surface area contributed by atoms with E-state index in [1.807, 2.05) is 39.8 Å². The number of rotatable bonds is 24. The fourth-order valence-electron chi connectivity index (χ4n) is 7.13. The summed E-state index contributed by atoms with van der Waals surface area (Å²) in [5, 5.41) is 1.56. The zero-order valence-electron chi connectivity index (χ0n) is 31.8. The van der Waals surface area contributed by atoms with Crippen LogP contribution in [-0.4, -0.2) is 55.1 Å². The van der Waals surface area contributed by atoms with Crippen LogP contribution in [0.3, 0.4) is 0 Å². The summed E-state index contributed by atoms with van der Waals surface area (Å²) in [6.07, 6.45) is 19.5. The maximum atomic E-state index is 11.7. The molecule has 0 unspecified atom stereocenters. The van der Waals surface area contributed by atoms with E-state index in [-0.39, 0.29) is 12.8 Å². The van der Waals surface area contributed by atoms with E-state index >= 15 is 0 Å². The Morgan fingerprint density at radius 2 is 1.09 bits per heavy atom. The number of hydrogen-bond donors (Lipinski definition) is 2. The predicted molar refractivity (Wildman–Crippen MR) is 229 cm³/mol. The zero-order chi connectivity index (χ0) is 40.2. The van der Waals surface area contributed by atoms with Crippen LogP contribution in [0.25, 0.3) is 17.1 Å². The van der Waals surface area contributed by atoms with E-state index in [1.165, 1.54) is 25.7 Å². The van der Waals surface area contributed by atoms with Crippen LogP contribution in [-0.2, 0) is 33.3 Å². The third-order valence-electron chi connectivity index (χ3n) is 9.83. The molecule has 0 saturated heterocycles. The summed E-state index contributed by atoms with van der Waals surface area (Å²) in [4.78, 5) is 4.19. The van der Waals surface area contributed by atoms with Gasteiger partial charge in [-0.15, -0.1) is 0 Å². The molecular formula is C39H55Cl4N4O6S2+. The Morgan fingerprint density at radius 3 is 1.65 bits per heavy atom. The van der Waals surface area contributed by atoms with E-state index in [4.69, 9.17) is 46.4 Å². The number of nitrogens with zero attached hydrogens (tertiary/aromatic N) is 4. The number of aryl methyl sites for hydroxylation is 2. The average molecular weight is 882 g/mol. The number of anilines is 2. The van der Waals surface area contributed by atoms with Crippen LogP contribution in [0.2, 0.25) is 20.1 Å². The highest BCUT2D eigenvalue weighted by atomic mass is 35.5. The standard InChI is InChI=1S/C39H54Cl4N4O6S2/c1-3-5-7-9-11-13-20-44-34-26-30(40)32(42)28-36(34)46(22-16-24-54(48,49)50)38(44)18-15-19-39-45(21-14-12-10-8-6-4-2)35-27-31(41)33(43)29-37(35)47(39)23-17-25-55(51,52)53/h15,18-19,26-29H,3-14,16-17,20-25H2,1-2H3,(H-,48,49,50,51,52,53)/p+1. The minimum atomic E-state index is -4.18. The van der Waals surface area contributed by atoms with Gasteiger partial charge in [0.15, 0.2) is 11.0 Å². The quantitative estimate of drug-likeness (QED) is 0.0518. The second kappa shape index (κ2) is 21.6. The Labute approximate surface area is 347 Å². The lowest BCUT2D eigenvalue weighted by Crippen LogP contribution is -2.37. The van der Waals surface area contributed by atoms with Crippen molar-refractivity contribution in [2.45, 2.75) is 117 Å². The van der Waals surface area contributed by atoms with Gasteiger partial charge in [-0.05, 0) is 43.9 Å². The van der Waals surface area contributed by atoms with Crippen molar-refractivity contribution in [2.24, 2.45) is 0 Å². The Balaban J connectivity index is 1.81. The third-order valence-corrected chi connectivity index (χ3v) is 12.9. The summed E-state index contributed by atoms with van der Waals surface area (Å²) in [5.74, 6) is 0.814. The Morgan fingerprint density at radius 1 is 0.618 bits per heavy atom. The van der Waals surface area contributed by atoms with Crippen LogP contribution >= 0.6 is 46.4 Å². The molecule has 0 spiro atoms. The predicted octanol–water partition coefficient (Wildman–Crippen LogP) is 11.0. The van der Waals surface area contributed by atoms with Crippen molar-refractivity contribution in [1.82, 2.24) is 4.57 Å². The van der Waals surface area contributed by atoms with Gasteiger partial charge in [-0.25, -0.2) is 9.13 Å². The molecule has 0 amide bonds. The molecule has 3 aromatic rings. The second-order valence-electron chi connectivity index (χ2n) is 14.2. The SMILES string of the molecule is CCCCCCCCN1/C(=C\C=C\c2n(CCCCCCCC)c3cc(Cl)c(Cl)cc3[n+]2CCCS(=O)(=O)O)N(CCCS(=O)(=O)O)c2cc(Cl)c(Cl)cc21. The molecule has 0 fully saturated rings. The molecule has 55 heavy (non-hydrogen) atoms. The second-order valence-corrected chi connectivity index (χ2v) is 18.9. The first-order chi connectivity index (χ1) is 26.1. The van der Waals surface area contributed by atoms with Gasteiger partial charge in [-0.1, -0.05) is 124 Å². The largest absolute Gasteiger partial charge is 0.326 e. The van der Waals surface area contributed by atoms with Crippen LogP contribution in [0.5, 0.6) is 0 Å². The number of fused-ring (bicyclic) bond motifs is 2. The first-order valence-electron chi connectivity index (χ1n) is 19.4. The Hall–Kier alpha value is -2.03. The zero-order valence-corrected chi connectivity index (χ0v) is 36.5. The van der Waals surface area contributed by atoms with Gasteiger partial charge in [-0.2, -0.15) is 16.8 Å². The number of allylic oxidation sites excluding steroid dienone is 2. The molecule has 0 saturated carbocycles. The van der Waals surface area contributed by atoms with Crippen molar-refractivity contribution in [3.63, 3.8) is 0 Å². The van der Waals surface area contributed by atoms with Crippen LogP contribution in [0, 0.1) is 0 Å². The van der Waals surface area contributed by atoms with Crippen molar-refractivity contribution in [1.29, 1.82) is 0 Å². The highest BCUT2D eigenvalue weighted by Crippen LogP contribution is 2.46. The number of aromatic nitrogens is 2. The van der Waals surface area contributed by atoms with Gasteiger partial charge in [-0.3, -0.25) is 9.11 Å². The molecule has 1 aliphatic heterocycles. The molecule has 1 aromatic heterocycles. The van der Waals surface area contributed by atoms with Gasteiger partial charge in [0.25, 0.3) is 26.1 Å². The monoisotopic (exact) mass is 879 g/mol. The fraction of sp³-hybridized carbons (Fsp3) is 0.564. The first-order valence-corrected chi connectivity index (χ1v) is 24.1. The van der Waals surface area contributed by atoms with Crippen LogP contribution in [0.1, 0.15) is 110 Å². The summed E-state index contributed by atoms with van der Waals surface area (Å²) >= 11 is 26.2. The number of hydrogen-bond acceptors (Lipinski definition) is 6. The number of halogens is 4. The normalized spacial score (nSPS) is 14.4. The van der Waals surface area contributed by atoms with Crippen molar-refractivity contribution >= 4 is 95.1 Å². The minimum absolute atomic E-state index is 0.173. The summed E-state index contributed by atoms with van der Waals surface area (Å²) in [6, 6.07) is 7.26. The maximum Gasteiger partial charge on any atom is 0.282 e. The van der Waals surface area contributed by atoms with Crippen molar-refractivity contribution in [3.05, 3.63) is 68.2 Å². The van der Waals surface area contributed by atoms with Crippen LogP contribution in [0.15, 0.2) is 42.2 Å². The van der Waals surface area contributed by atoms with Gasteiger partial charge in [0.2, 0.25) is 0 Å². The number of imidazole rings is 1. The molecule has 2 N–H and O–H groups in total. The van der Waals surface area contributed by atoms with Crippen molar-refractivity contribution in [2.75, 3.05) is 34.4 Å². The molecule has 0 aliphatic carbocycles. The molecule has 0 atom stereocenters. The Bertz CT molecular complexity index is 2040. The molecule has 0 bridgehead atoms. The van der Waals surface area contributed by atoms with Crippen molar-refractivity contribution < 1.29 is 30.5 Å². The number of benzene rings is 2. The lowest BCUT2D eigenvalue weighted by molar-refractivity contribution is -0.673. The Kier molecular flexibility index (Phi) is 18.0. The highest BCUT2D eigenvalue weighted by Gasteiger charge is 2.32. The van der Waals surface area contributed by atoms with Crippen molar-refractivity contribution in [3.8, 4) is 0 Å². The van der Waals surface area contributed by atoms with Gasteiger partial charge < -0.3 is 9.80 Å². The third kappa shape index (κ3) is 13.5. The summed E-state index contributed by atoms with van der Waals surface area (Å²) in [6.45, 7) is 6.35. The van der Waals surface area contributed by atoms with E-state index in [9.17, 15) is 25.9 Å². The molecule has 16 heteroatoms. The summed E-state index contributed by atoms with van der Waals surface area (Å²) < 4.78 is 70.1. The van der Waals surface area contributed by atoms with E-state index in [0.29, 0.717) is 46.3 Å². The molecule has 4 rings (SSSR count). The molecule has 10 nitrogen and oxygen atoms in total. The molecule has 1 aliphatic rings. The molecule has 2 aromatic carbocycles. The topological polar surface area (TPSA) is 124 Å². The summed E-state index contributed by atoms with van der Waals surface area (Å²) in [7, 11) is -8.35. The van der Waals surface area contributed by atoms with E-state index in [1.54, 1.807) is 12.1 Å². The first kappa shape index (κ1) is 45.7. The fourth-order valence-corrected chi connectivity index (χ4v) is 8.75. The molecule has 306 valence electrons. The van der Waals surface area contributed by atoms with Crippen LogP contribution < -0.4 is 14.4 Å². The lowest BCUT2D eigenvalue weighted by Gasteiger charge is -2.25. The van der Waals surface area contributed by atoms with E-state index in [0.717, 1.165) is 85.4 Å². The average Bonchev–Trinajstić information content (AvgIpc) is 3.53. The number of unbranched alkanes of at least 4 members (excludes halogenated alkanes) is 10. The molecular weight excluding hydrogens is 826 g/mol. The minimum Gasteiger partial charge on any atom is -0.326 e. The molecule has 2 heterocycles. The van der Waals surface area contributed by atoms with Crippen LogP contribution in [0.4, 0.5) is 11.4 Å².